The molecule has 16 heteroatoms. The monoisotopic (exact) mass is 654 g/mol. The van der Waals surface area contributed by atoms with Crippen LogP contribution < -0.4 is 20.3 Å². The number of amides is 2. The van der Waals surface area contributed by atoms with E-state index in [9.17, 15) is 29.8 Å². The SMILES string of the molecule is O=C(N/N=C\c1ccc(O[C@H]2OCCO[C@H]2Oc2ccc(/C=N\NC(=O)c3ccc([N+](=O)[O-])cc3)cc2)cc1)c1ccc([N+](=O)[O-])cc1. The molecule has 1 aliphatic rings. The molecule has 0 radical (unpaired) electrons. The van der Waals surface area contributed by atoms with E-state index in [0.717, 1.165) is 0 Å². The highest BCUT2D eigenvalue weighted by molar-refractivity contribution is 5.95. The van der Waals surface area contributed by atoms with Gasteiger partial charge < -0.3 is 18.9 Å². The van der Waals surface area contributed by atoms with Gasteiger partial charge in [-0.1, -0.05) is 0 Å². The normalized spacial score (nSPS) is 15.9. The van der Waals surface area contributed by atoms with Crippen LogP contribution in [0, 0.1) is 20.2 Å². The summed E-state index contributed by atoms with van der Waals surface area (Å²) in [7, 11) is 0. The van der Waals surface area contributed by atoms with E-state index < -0.39 is 34.2 Å². The first-order valence-corrected chi connectivity index (χ1v) is 14.2. The van der Waals surface area contributed by atoms with E-state index in [4.69, 9.17) is 18.9 Å². The number of hydrogen-bond acceptors (Lipinski definition) is 12. The number of benzene rings is 4. The fourth-order valence-corrected chi connectivity index (χ4v) is 4.13. The maximum Gasteiger partial charge on any atom is 0.271 e. The van der Waals surface area contributed by atoms with E-state index in [-0.39, 0.29) is 22.5 Å². The van der Waals surface area contributed by atoms with Crippen molar-refractivity contribution in [3.63, 3.8) is 0 Å². The third kappa shape index (κ3) is 9.03. The van der Waals surface area contributed by atoms with E-state index in [1.165, 1.54) is 61.0 Å². The van der Waals surface area contributed by atoms with Crippen LogP contribution in [0.5, 0.6) is 11.5 Å². The van der Waals surface area contributed by atoms with Crippen molar-refractivity contribution in [2.24, 2.45) is 10.2 Å². The van der Waals surface area contributed by atoms with Crippen molar-refractivity contribution >= 4 is 35.6 Å². The quantitative estimate of drug-likeness (QED) is 0.127. The zero-order chi connectivity index (χ0) is 33.9. The summed E-state index contributed by atoms with van der Waals surface area (Å²) in [6, 6.07) is 23.9. The standard InChI is InChI=1S/C32H26N6O10/c39-29(23-5-9-25(10-6-23)37(41)42)35-33-19-21-1-13-27(14-2-21)47-31-32(46-18-17-45-31)48-28-15-3-22(4-16-28)20-34-36-30(40)24-7-11-26(12-8-24)38(43)44/h1-16,19-20,31-32H,17-18H2,(H,35,39)(H,36,40)/b33-19-,34-20-/t31-,32+. The molecule has 0 unspecified atom stereocenters. The van der Waals surface area contributed by atoms with Gasteiger partial charge in [0.15, 0.2) is 0 Å². The van der Waals surface area contributed by atoms with Crippen LogP contribution in [0.3, 0.4) is 0 Å². The topological polar surface area (TPSA) is 206 Å². The predicted octanol–water partition coefficient (Wildman–Crippen LogP) is 4.19. The van der Waals surface area contributed by atoms with Gasteiger partial charge in [0, 0.05) is 35.4 Å². The second-order valence-corrected chi connectivity index (χ2v) is 9.86. The molecule has 1 saturated heterocycles. The Balaban J connectivity index is 1.10. The van der Waals surface area contributed by atoms with Gasteiger partial charge in [0.05, 0.1) is 35.5 Å². The maximum absolute atomic E-state index is 12.2. The molecule has 1 fully saturated rings. The van der Waals surface area contributed by atoms with E-state index in [1.807, 2.05) is 0 Å². The fraction of sp³-hybridized carbons (Fsp3) is 0.125. The highest BCUT2D eigenvalue weighted by Crippen LogP contribution is 2.22. The summed E-state index contributed by atoms with van der Waals surface area (Å²) in [6.07, 6.45) is 1.10. The Bertz CT molecular complexity index is 1680. The first-order valence-electron chi connectivity index (χ1n) is 14.2. The molecule has 0 aliphatic carbocycles. The molecule has 4 aromatic carbocycles. The zero-order valence-corrected chi connectivity index (χ0v) is 24.8. The Hall–Kier alpha value is -6.52. The molecule has 4 aromatic rings. The molecule has 5 rings (SSSR count). The average molecular weight is 655 g/mol. The first kappa shape index (κ1) is 32.9. The van der Waals surface area contributed by atoms with E-state index >= 15 is 0 Å². The molecule has 2 amide bonds. The Kier molecular flexibility index (Phi) is 10.7. The Labute approximate surface area is 271 Å². The summed E-state index contributed by atoms with van der Waals surface area (Å²) in [5, 5.41) is 29.4. The van der Waals surface area contributed by atoms with Crippen molar-refractivity contribution in [1.82, 2.24) is 10.9 Å². The van der Waals surface area contributed by atoms with Crippen molar-refractivity contribution in [3.05, 3.63) is 140 Å². The third-order valence-electron chi connectivity index (χ3n) is 6.57. The number of nitro groups is 2. The molecule has 2 N–H and O–H groups in total. The lowest BCUT2D eigenvalue weighted by Crippen LogP contribution is -2.45. The van der Waals surface area contributed by atoms with Crippen molar-refractivity contribution in [2.75, 3.05) is 13.2 Å². The molecule has 0 saturated carbocycles. The van der Waals surface area contributed by atoms with Gasteiger partial charge in [-0.2, -0.15) is 10.2 Å². The molecule has 0 bridgehead atoms. The molecule has 48 heavy (non-hydrogen) atoms. The van der Waals surface area contributed by atoms with Gasteiger partial charge >= 0.3 is 0 Å². The van der Waals surface area contributed by atoms with E-state index in [2.05, 4.69) is 21.1 Å². The minimum atomic E-state index is -0.880. The van der Waals surface area contributed by atoms with Crippen molar-refractivity contribution in [2.45, 2.75) is 12.6 Å². The maximum atomic E-state index is 12.2. The van der Waals surface area contributed by atoms with Gasteiger partial charge in [-0.25, -0.2) is 10.9 Å². The summed E-state index contributed by atoms with van der Waals surface area (Å²) < 4.78 is 23.3. The largest absolute Gasteiger partial charge is 0.458 e. The summed E-state index contributed by atoms with van der Waals surface area (Å²) in [5.41, 5.74) is 6.27. The molecule has 2 atom stereocenters. The molecular formula is C32H26N6O10. The Morgan fingerprint density at radius 3 is 1.31 bits per heavy atom. The predicted molar refractivity (Wildman–Crippen MR) is 170 cm³/mol. The lowest BCUT2D eigenvalue weighted by Gasteiger charge is -2.31. The Morgan fingerprint density at radius 1 is 0.625 bits per heavy atom. The molecule has 1 aliphatic heterocycles. The van der Waals surface area contributed by atoms with Crippen LogP contribution in [0.2, 0.25) is 0 Å². The highest BCUT2D eigenvalue weighted by atomic mass is 16.8. The number of non-ortho nitro benzene ring substituents is 2. The van der Waals surface area contributed by atoms with E-state index in [1.54, 1.807) is 48.5 Å². The highest BCUT2D eigenvalue weighted by Gasteiger charge is 2.31. The number of rotatable bonds is 12. The third-order valence-corrected chi connectivity index (χ3v) is 6.57. The number of ether oxygens (including phenoxy) is 4. The van der Waals surface area contributed by atoms with Crippen molar-refractivity contribution < 1.29 is 38.4 Å². The molecule has 1 heterocycles. The van der Waals surface area contributed by atoms with E-state index in [0.29, 0.717) is 35.8 Å². The summed E-state index contributed by atoms with van der Waals surface area (Å²) in [5.74, 6) is -0.105. The van der Waals surface area contributed by atoms with Gasteiger partial charge in [-0.15, -0.1) is 0 Å². The van der Waals surface area contributed by atoms with Gasteiger partial charge in [-0.3, -0.25) is 29.8 Å². The van der Waals surface area contributed by atoms with Crippen LogP contribution in [0.25, 0.3) is 0 Å². The minimum absolute atomic E-state index is 0.119. The van der Waals surface area contributed by atoms with Crippen LogP contribution >= 0.6 is 0 Å². The summed E-state index contributed by atoms with van der Waals surface area (Å²) in [6.45, 7) is 0.593. The van der Waals surface area contributed by atoms with Gasteiger partial charge in [0.1, 0.15) is 11.5 Å². The first-order chi connectivity index (χ1) is 23.2. The van der Waals surface area contributed by atoms with Crippen LogP contribution in [0.15, 0.2) is 107 Å². The number of nitrogens with zero attached hydrogens (tertiary/aromatic N) is 4. The number of carbonyl (C=O) groups excluding carboxylic acids is 2. The summed E-state index contributed by atoms with van der Waals surface area (Å²) >= 11 is 0. The average Bonchev–Trinajstić information content (AvgIpc) is 3.10. The molecule has 16 nitrogen and oxygen atoms in total. The zero-order valence-electron chi connectivity index (χ0n) is 24.8. The minimum Gasteiger partial charge on any atom is -0.458 e. The smallest absolute Gasteiger partial charge is 0.271 e. The molecule has 0 spiro atoms. The van der Waals surface area contributed by atoms with Gasteiger partial charge in [0.25, 0.3) is 35.8 Å². The number of hydrogen-bond donors (Lipinski definition) is 2. The van der Waals surface area contributed by atoms with Crippen LogP contribution in [0.1, 0.15) is 31.8 Å². The lowest BCUT2D eigenvalue weighted by molar-refractivity contribution is -0.385. The molecule has 244 valence electrons. The number of nitrogens with one attached hydrogen (secondary N) is 2. The van der Waals surface area contributed by atoms with Gasteiger partial charge in [0.2, 0.25) is 0 Å². The molecular weight excluding hydrogens is 628 g/mol. The van der Waals surface area contributed by atoms with Crippen LogP contribution in [0.4, 0.5) is 11.4 Å². The Morgan fingerprint density at radius 2 is 0.979 bits per heavy atom. The number of hydrazone groups is 2. The second-order valence-electron chi connectivity index (χ2n) is 9.86. The number of nitro benzene ring substituents is 2. The fourth-order valence-electron chi connectivity index (χ4n) is 4.13. The summed E-state index contributed by atoms with van der Waals surface area (Å²) in [4.78, 5) is 44.9. The van der Waals surface area contributed by atoms with Gasteiger partial charge in [-0.05, 0) is 83.9 Å². The van der Waals surface area contributed by atoms with Crippen LogP contribution in [-0.2, 0) is 9.47 Å². The lowest BCUT2D eigenvalue weighted by atomic mass is 10.2. The van der Waals surface area contributed by atoms with Crippen LogP contribution in [-0.4, -0.2) is 59.9 Å². The number of carbonyl (C=O) groups is 2. The second kappa shape index (κ2) is 15.7. The van der Waals surface area contributed by atoms with Crippen molar-refractivity contribution in [3.8, 4) is 11.5 Å². The molecule has 0 aromatic heterocycles. The van der Waals surface area contributed by atoms with Crippen molar-refractivity contribution in [1.29, 1.82) is 0 Å².